The normalized spacial score (nSPS) is 14.2. The van der Waals surface area contributed by atoms with E-state index in [0.717, 1.165) is 5.56 Å². The summed E-state index contributed by atoms with van der Waals surface area (Å²) in [7, 11) is -0.682. The Balaban J connectivity index is 2.23. The number of hydrogen-bond acceptors (Lipinski definition) is 4. The molecule has 0 aliphatic carbocycles. The summed E-state index contributed by atoms with van der Waals surface area (Å²) < 4.78 is 38.2. The van der Waals surface area contributed by atoms with E-state index in [9.17, 15) is 8.42 Å². The number of halogens is 1. The van der Waals surface area contributed by atoms with Crippen LogP contribution in [0.1, 0.15) is 12.5 Å². The van der Waals surface area contributed by atoms with Crippen LogP contribution in [0.5, 0.6) is 5.75 Å². The molecule has 0 aliphatic rings. The molecule has 0 bridgehead atoms. The zero-order valence-corrected chi connectivity index (χ0v) is 15.3. The maximum Gasteiger partial charge on any atom is 0.240 e. The summed E-state index contributed by atoms with van der Waals surface area (Å²) in [5.41, 5.74) is -0.0672. The number of ether oxygens (including phenoxy) is 2. The average molecular weight is 370 g/mol. The van der Waals surface area contributed by atoms with E-state index in [0.29, 0.717) is 10.8 Å². The van der Waals surface area contributed by atoms with Gasteiger partial charge < -0.3 is 9.47 Å². The first-order valence-electron chi connectivity index (χ1n) is 7.26. The van der Waals surface area contributed by atoms with Gasteiger partial charge in [-0.15, -0.1) is 0 Å². The summed E-state index contributed by atoms with van der Waals surface area (Å²) in [6.45, 7) is 1.86. The quantitative estimate of drug-likeness (QED) is 0.814. The van der Waals surface area contributed by atoms with E-state index in [2.05, 4.69) is 4.72 Å². The van der Waals surface area contributed by atoms with Crippen molar-refractivity contribution in [2.45, 2.75) is 17.4 Å². The molecule has 0 fully saturated rings. The van der Waals surface area contributed by atoms with Crippen LogP contribution in [0.15, 0.2) is 53.4 Å². The number of methoxy groups -OCH3 is 2. The minimum atomic E-state index is -3.70. The number of nitrogens with one attached hydrogen (secondary N) is 1. The SMILES string of the molecule is COc1cccc(S(=O)(=O)NCC(C)(OC)c2cccc(Cl)c2)c1. The Morgan fingerprint density at radius 1 is 1.12 bits per heavy atom. The van der Waals surface area contributed by atoms with E-state index in [1.165, 1.54) is 26.4 Å². The molecule has 1 unspecified atom stereocenters. The van der Waals surface area contributed by atoms with Crippen LogP contribution in [-0.2, 0) is 20.4 Å². The number of benzene rings is 2. The highest BCUT2D eigenvalue weighted by molar-refractivity contribution is 7.89. The van der Waals surface area contributed by atoms with E-state index in [-0.39, 0.29) is 11.4 Å². The van der Waals surface area contributed by atoms with E-state index in [4.69, 9.17) is 21.1 Å². The molecular weight excluding hydrogens is 350 g/mol. The first kappa shape index (κ1) is 18.7. The third-order valence-electron chi connectivity index (χ3n) is 3.84. The van der Waals surface area contributed by atoms with Crippen molar-refractivity contribution in [1.82, 2.24) is 4.72 Å². The number of sulfonamides is 1. The third kappa shape index (κ3) is 4.27. The van der Waals surface area contributed by atoms with Gasteiger partial charge >= 0.3 is 0 Å². The molecule has 7 heteroatoms. The molecule has 0 saturated heterocycles. The van der Waals surface area contributed by atoms with E-state index >= 15 is 0 Å². The second kappa shape index (κ2) is 7.53. The van der Waals surface area contributed by atoms with Crippen LogP contribution >= 0.6 is 11.6 Å². The lowest BCUT2D eigenvalue weighted by atomic mass is 9.96. The molecule has 0 radical (unpaired) electrons. The lowest BCUT2D eigenvalue weighted by Gasteiger charge is -2.29. The van der Waals surface area contributed by atoms with Crippen molar-refractivity contribution in [3.05, 3.63) is 59.1 Å². The highest BCUT2D eigenvalue weighted by Crippen LogP contribution is 2.27. The number of hydrogen-bond donors (Lipinski definition) is 1. The minimum absolute atomic E-state index is 0.0589. The van der Waals surface area contributed by atoms with Crippen LogP contribution in [0.4, 0.5) is 0 Å². The van der Waals surface area contributed by atoms with Crippen LogP contribution in [-0.4, -0.2) is 29.2 Å². The van der Waals surface area contributed by atoms with Crippen molar-refractivity contribution in [2.24, 2.45) is 0 Å². The lowest BCUT2D eigenvalue weighted by Crippen LogP contribution is -2.40. The minimum Gasteiger partial charge on any atom is -0.497 e. The van der Waals surface area contributed by atoms with Gasteiger partial charge in [0.1, 0.15) is 11.4 Å². The van der Waals surface area contributed by atoms with Crippen LogP contribution < -0.4 is 9.46 Å². The van der Waals surface area contributed by atoms with Crippen molar-refractivity contribution in [2.75, 3.05) is 20.8 Å². The molecule has 2 aromatic carbocycles. The first-order chi connectivity index (χ1) is 11.3. The number of rotatable bonds is 7. The van der Waals surface area contributed by atoms with Crippen molar-refractivity contribution in [3.8, 4) is 5.75 Å². The molecule has 0 heterocycles. The third-order valence-corrected chi connectivity index (χ3v) is 5.47. The van der Waals surface area contributed by atoms with Gasteiger partial charge in [-0.05, 0) is 36.8 Å². The molecule has 0 aliphatic heterocycles. The first-order valence-corrected chi connectivity index (χ1v) is 9.12. The molecule has 1 N–H and O–H groups in total. The smallest absolute Gasteiger partial charge is 0.240 e. The van der Waals surface area contributed by atoms with E-state index in [1.54, 1.807) is 37.3 Å². The van der Waals surface area contributed by atoms with Crippen LogP contribution in [0.2, 0.25) is 5.02 Å². The second-order valence-electron chi connectivity index (χ2n) is 5.45. The average Bonchev–Trinajstić information content (AvgIpc) is 2.60. The van der Waals surface area contributed by atoms with Crippen molar-refractivity contribution >= 4 is 21.6 Å². The van der Waals surface area contributed by atoms with Crippen LogP contribution in [0.25, 0.3) is 0 Å². The Morgan fingerprint density at radius 2 is 1.83 bits per heavy atom. The molecule has 0 saturated carbocycles. The molecule has 1 atom stereocenters. The Hall–Kier alpha value is -1.60. The van der Waals surface area contributed by atoms with Gasteiger partial charge in [0, 0.05) is 24.7 Å². The Morgan fingerprint density at radius 3 is 2.46 bits per heavy atom. The molecule has 2 aromatic rings. The maximum atomic E-state index is 12.5. The molecule has 130 valence electrons. The molecular formula is C17H20ClNO4S. The molecule has 0 spiro atoms. The van der Waals surface area contributed by atoms with E-state index < -0.39 is 15.6 Å². The van der Waals surface area contributed by atoms with Crippen molar-refractivity contribution < 1.29 is 17.9 Å². The molecule has 2 rings (SSSR count). The predicted molar refractivity (Wildman–Crippen MR) is 94.0 cm³/mol. The fourth-order valence-corrected chi connectivity index (χ4v) is 3.55. The van der Waals surface area contributed by atoms with Gasteiger partial charge in [-0.2, -0.15) is 0 Å². The lowest BCUT2D eigenvalue weighted by molar-refractivity contribution is 0.00699. The zero-order valence-electron chi connectivity index (χ0n) is 13.7. The van der Waals surface area contributed by atoms with Crippen molar-refractivity contribution in [3.63, 3.8) is 0 Å². The van der Waals surface area contributed by atoms with Gasteiger partial charge in [0.15, 0.2) is 0 Å². The standard InChI is InChI=1S/C17H20ClNO4S/c1-17(23-3,13-6-4-7-14(18)10-13)12-19-24(20,21)16-9-5-8-15(11-16)22-2/h4-11,19H,12H2,1-3H3. The highest BCUT2D eigenvalue weighted by atomic mass is 35.5. The van der Waals surface area contributed by atoms with Crippen molar-refractivity contribution in [1.29, 1.82) is 0 Å². The van der Waals surface area contributed by atoms with Gasteiger partial charge in [0.05, 0.1) is 12.0 Å². The maximum absolute atomic E-state index is 12.5. The zero-order chi connectivity index (χ0) is 17.8. The summed E-state index contributed by atoms with van der Waals surface area (Å²) >= 11 is 6.02. The second-order valence-corrected chi connectivity index (χ2v) is 7.65. The Bertz CT molecular complexity index is 810. The fraction of sp³-hybridized carbons (Fsp3) is 0.294. The molecule has 0 aromatic heterocycles. The summed E-state index contributed by atoms with van der Waals surface area (Å²) in [6, 6.07) is 13.4. The summed E-state index contributed by atoms with van der Waals surface area (Å²) in [5.74, 6) is 0.474. The monoisotopic (exact) mass is 369 g/mol. The van der Waals surface area contributed by atoms with Gasteiger partial charge in [0.2, 0.25) is 10.0 Å². The Kier molecular flexibility index (Phi) is 5.87. The van der Waals surface area contributed by atoms with Crippen LogP contribution in [0.3, 0.4) is 0 Å². The summed E-state index contributed by atoms with van der Waals surface area (Å²) in [4.78, 5) is 0.131. The van der Waals surface area contributed by atoms with Gasteiger partial charge in [-0.3, -0.25) is 0 Å². The summed E-state index contributed by atoms with van der Waals surface area (Å²) in [6.07, 6.45) is 0. The highest BCUT2D eigenvalue weighted by Gasteiger charge is 2.29. The van der Waals surface area contributed by atoms with E-state index in [1.807, 2.05) is 6.07 Å². The van der Waals surface area contributed by atoms with Gasteiger partial charge in [-0.25, -0.2) is 13.1 Å². The van der Waals surface area contributed by atoms with Crippen LogP contribution in [0, 0.1) is 0 Å². The summed E-state index contributed by atoms with van der Waals surface area (Å²) in [5, 5.41) is 0.562. The largest absolute Gasteiger partial charge is 0.497 e. The Labute approximate surface area is 147 Å². The molecule has 5 nitrogen and oxygen atoms in total. The van der Waals surface area contributed by atoms with Gasteiger partial charge in [0.25, 0.3) is 0 Å². The predicted octanol–water partition coefficient (Wildman–Crippen LogP) is 3.19. The molecule has 24 heavy (non-hydrogen) atoms. The topological polar surface area (TPSA) is 64.6 Å². The molecule has 0 amide bonds. The van der Waals surface area contributed by atoms with Gasteiger partial charge in [-0.1, -0.05) is 29.8 Å². The fourth-order valence-electron chi connectivity index (χ4n) is 2.19.